The Morgan fingerprint density at radius 3 is 1.89 bits per heavy atom. The van der Waals surface area contributed by atoms with Gasteiger partial charge in [-0.25, -0.2) is 13.2 Å². The summed E-state index contributed by atoms with van der Waals surface area (Å²) in [6, 6.07) is 25.7. The molecule has 0 spiro atoms. The first-order valence-corrected chi connectivity index (χ1v) is 13.1. The second-order valence-corrected chi connectivity index (χ2v) is 10.3. The molecule has 3 rings (SSSR count). The second-order valence-electron chi connectivity index (χ2n) is 8.40. The Kier molecular flexibility index (Phi) is 9.42. The van der Waals surface area contributed by atoms with Crippen LogP contribution in [0.3, 0.4) is 0 Å². The largest absolute Gasteiger partial charge is 0.465 e. The molecule has 8 heteroatoms. The highest BCUT2D eigenvalue weighted by Gasteiger charge is 2.34. The summed E-state index contributed by atoms with van der Waals surface area (Å²) in [7, 11) is -3.86. The summed E-state index contributed by atoms with van der Waals surface area (Å²) >= 11 is 0. The molecular weight excluding hydrogens is 464 g/mol. The fourth-order valence-corrected chi connectivity index (χ4v) is 5.62. The van der Waals surface area contributed by atoms with Gasteiger partial charge in [0.15, 0.2) is 0 Å². The van der Waals surface area contributed by atoms with E-state index in [9.17, 15) is 23.4 Å². The number of nitrogens with zero attached hydrogens (tertiary/aromatic N) is 2. The average molecular weight is 497 g/mol. The van der Waals surface area contributed by atoms with E-state index < -0.39 is 28.3 Å². The molecule has 186 valence electrons. The van der Waals surface area contributed by atoms with E-state index in [1.54, 1.807) is 18.2 Å². The number of hydrogen-bond donors (Lipinski definition) is 2. The minimum Gasteiger partial charge on any atom is -0.465 e. The van der Waals surface area contributed by atoms with Crippen molar-refractivity contribution in [3.63, 3.8) is 0 Å². The summed E-state index contributed by atoms with van der Waals surface area (Å²) in [4.78, 5) is 13.7. The molecule has 0 saturated heterocycles. The Morgan fingerprint density at radius 2 is 1.37 bits per heavy atom. The van der Waals surface area contributed by atoms with Crippen molar-refractivity contribution in [2.24, 2.45) is 0 Å². The molecule has 0 aliphatic carbocycles. The van der Waals surface area contributed by atoms with Crippen molar-refractivity contribution in [1.29, 1.82) is 0 Å². The van der Waals surface area contributed by atoms with Crippen molar-refractivity contribution in [3.05, 3.63) is 102 Å². The zero-order valence-corrected chi connectivity index (χ0v) is 20.6. The number of aliphatic hydroxyl groups is 1. The molecule has 1 unspecified atom stereocenters. The van der Waals surface area contributed by atoms with Crippen molar-refractivity contribution in [1.82, 2.24) is 9.21 Å². The monoisotopic (exact) mass is 496 g/mol. The van der Waals surface area contributed by atoms with E-state index in [1.165, 1.54) is 21.3 Å². The molecule has 1 amide bonds. The lowest BCUT2D eigenvalue weighted by atomic mass is 9.99. The Hall–Kier alpha value is -3.20. The van der Waals surface area contributed by atoms with E-state index in [0.717, 1.165) is 11.1 Å². The number of carbonyl (C=O) groups is 1. The maximum absolute atomic E-state index is 13.3. The van der Waals surface area contributed by atoms with Gasteiger partial charge in [-0.3, -0.25) is 4.90 Å². The van der Waals surface area contributed by atoms with Crippen molar-refractivity contribution >= 4 is 16.1 Å². The van der Waals surface area contributed by atoms with Crippen LogP contribution in [0.1, 0.15) is 24.5 Å². The fourth-order valence-electron chi connectivity index (χ4n) is 4.05. The molecule has 0 bridgehead atoms. The van der Waals surface area contributed by atoms with Crippen LogP contribution >= 0.6 is 0 Å². The van der Waals surface area contributed by atoms with Gasteiger partial charge >= 0.3 is 6.09 Å². The summed E-state index contributed by atoms with van der Waals surface area (Å²) in [5.41, 5.74) is 1.63. The third kappa shape index (κ3) is 7.14. The van der Waals surface area contributed by atoms with Gasteiger partial charge in [0, 0.05) is 19.6 Å². The van der Waals surface area contributed by atoms with E-state index in [-0.39, 0.29) is 31.0 Å². The third-order valence-electron chi connectivity index (χ3n) is 5.82. The van der Waals surface area contributed by atoms with Crippen LogP contribution in [0.2, 0.25) is 0 Å². The Morgan fingerprint density at radius 1 is 0.857 bits per heavy atom. The van der Waals surface area contributed by atoms with Crippen molar-refractivity contribution < 1.29 is 23.4 Å². The quantitative estimate of drug-likeness (QED) is 0.391. The molecule has 0 radical (unpaired) electrons. The summed E-state index contributed by atoms with van der Waals surface area (Å²) in [6.07, 6.45) is -1.64. The minimum atomic E-state index is -3.86. The molecule has 0 heterocycles. The fraction of sp³-hybridized carbons (Fsp3) is 0.296. The Bertz CT molecular complexity index is 1160. The first-order valence-electron chi connectivity index (χ1n) is 11.6. The summed E-state index contributed by atoms with van der Waals surface area (Å²) < 4.78 is 27.9. The Balaban J connectivity index is 1.93. The molecule has 3 aromatic carbocycles. The van der Waals surface area contributed by atoms with Crippen molar-refractivity contribution in [2.45, 2.75) is 43.4 Å². The van der Waals surface area contributed by atoms with E-state index >= 15 is 0 Å². The molecule has 7 nitrogen and oxygen atoms in total. The molecule has 0 aliphatic rings. The molecule has 0 aromatic heterocycles. The van der Waals surface area contributed by atoms with Crippen LogP contribution in [-0.2, 0) is 23.0 Å². The maximum atomic E-state index is 13.3. The normalized spacial score (nSPS) is 13.3. The van der Waals surface area contributed by atoms with Crippen molar-refractivity contribution in [2.75, 3.05) is 13.1 Å². The molecular formula is C27H32N2O5S. The third-order valence-corrected chi connectivity index (χ3v) is 7.70. The molecule has 35 heavy (non-hydrogen) atoms. The van der Waals surface area contributed by atoms with E-state index in [0.29, 0.717) is 6.42 Å². The SMILES string of the molecule is CCCN(C[C@@H](O)C(Cc1ccccc1)N(Cc1ccccc1)C(=O)O)S(=O)(=O)c1ccccc1. The highest BCUT2D eigenvalue weighted by atomic mass is 32.2. The number of sulfonamides is 1. The first kappa shape index (κ1) is 26.4. The lowest BCUT2D eigenvalue weighted by Crippen LogP contribution is -2.52. The highest BCUT2D eigenvalue weighted by molar-refractivity contribution is 7.89. The number of hydrogen-bond acceptors (Lipinski definition) is 4. The Labute approximate surface area is 207 Å². The van der Waals surface area contributed by atoms with Gasteiger partial charge in [-0.05, 0) is 36.1 Å². The number of amides is 1. The van der Waals surface area contributed by atoms with Crippen LogP contribution in [-0.4, -0.2) is 59.2 Å². The van der Waals surface area contributed by atoms with E-state index in [4.69, 9.17) is 0 Å². The summed E-state index contributed by atoms with van der Waals surface area (Å²) in [6.45, 7) is 1.92. The van der Waals surface area contributed by atoms with Crippen LogP contribution < -0.4 is 0 Å². The van der Waals surface area contributed by atoms with Gasteiger partial charge in [0.05, 0.1) is 17.0 Å². The topological polar surface area (TPSA) is 98.2 Å². The first-order chi connectivity index (χ1) is 16.8. The number of carboxylic acid groups (broad SMARTS) is 1. The standard InChI is InChI=1S/C27H32N2O5S/c1-2-18-28(35(33,34)24-16-10-5-11-17-24)21-26(30)25(19-22-12-6-3-7-13-22)29(27(31)32)20-23-14-8-4-9-15-23/h3-17,25-26,30H,2,18-21H2,1H3,(H,31,32)/t25?,26-/m1/s1. The molecule has 3 aromatic rings. The lowest BCUT2D eigenvalue weighted by molar-refractivity contribution is 0.0347. The zero-order valence-electron chi connectivity index (χ0n) is 19.8. The van der Waals surface area contributed by atoms with Gasteiger partial charge in [0.2, 0.25) is 10.0 Å². The van der Waals surface area contributed by atoms with E-state index in [2.05, 4.69) is 0 Å². The smallest absolute Gasteiger partial charge is 0.407 e. The molecule has 0 saturated carbocycles. The van der Waals surface area contributed by atoms with Crippen molar-refractivity contribution in [3.8, 4) is 0 Å². The van der Waals surface area contributed by atoms with Crippen LogP contribution in [0.15, 0.2) is 95.9 Å². The predicted molar refractivity (Wildman–Crippen MR) is 135 cm³/mol. The lowest BCUT2D eigenvalue weighted by Gasteiger charge is -2.35. The number of aliphatic hydroxyl groups excluding tert-OH is 1. The highest BCUT2D eigenvalue weighted by Crippen LogP contribution is 2.21. The van der Waals surface area contributed by atoms with Gasteiger partial charge < -0.3 is 10.2 Å². The van der Waals surface area contributed by atoms with Crippen LogP contribution in [0, 0.1) is 0 Å². The van der Waals surface area contributed by atoms with Gasteiger partial charge in [0.25, 0.3) is 0 Å². The van der Waals surface area contributed by atoms with Gasteiger partial charge in [-0.2, -0.15) is 4.31 Å². The predicted octanol–water partition coefficient (Wildman–Crippen LogP) is 4.24. The van der Waals surface area contributed by atoms with Gasteiger partial charge in [-0.1, -0.05) is 85.8 Å². The second kappa shape index (κ2) is 12.5. The molecule has 0 aliphatic heterocycles. The van der Waals surface area contributed by atoms with Gasteiger partial charge in [-0.15, -0.1) is 0 Å². The molecule has 2 N–H and O–H groups in total. The van der Waals surface area contributed by atoms with Gasteiger partial charge in [0.1, 0.15) is 0 Å². The average Bonchev–Trinajstić information content (AvgIpc) is 2.87. The number of rotatable bonds is 12. The minimum absolute atomic E-state index is 0.0734. The van der Waals surface area contributed by atoms with Crippen LogP contribution in [0.25, 0.3) is 0 Å². The molecule has 0 fully saturated rings. The summed E-state index contributed by atoms with van der Waals surface area (Å²) in [5.74, 6) is 0. The molecule has 2 atom stereocenters. The number of benzene rings is 3. The zero-order chi connectivity index (χ0) is 25.3. The maximum Gasteiger partial charge on any atom is 0.407 e. The summed E-state index contributed by atoms with van der Waals surface area (Å²) in [5, 5.41) is 21.5. The van der Waals surface area contributed by atoms with E-state index in [1.807, 2.05) is 67.6 Å². The van der Waals surface area contributed by atoms with Crippen LogP contribution in [0.4, 0.5) is 4.79 Å². The van der Waals surface area contributed by atoms with Crippen LogP contribution in [0.5, 0.6) is 0 Å².